The van der Waals surface area contributed by atoms with Crippen molar-refractivity contribution in [2.24, 2.45) is 0 Å². The number of carbonyl (C=O) groups excluding carboxylic acids is 2. The third kappa shape index (κ3) is 4.72. The van der Waals surface area contributed by atoms with Crippen LogP contribution in [0.3, 0.4) is 0 Å². The first-order chi connectivity index (χ1) is 12.1. The van der Waals surface area contributed by atoms with Crippen LogP contribution in [0.1, 0.15) is 32.6 Å². The molecular weight excluding hydrogens is 316 g/mol. The number of imide groups is 1. The largest absolute Gasteiger partial charge is 0.360 e. The molecule has 0 aromatic heterocycles. The minimum atomic E-state index is -0.342. The second-order valence-electron chi connectivity index (χ2n) is 7.15. The van der Waals surface area contributed by atoms with E-state index in [0.29, 0.717) is 0 Å². The number of benzene rings is 1. The predicted octanol–water partition coefficient (Wildman–Crippen LogP) is 0.548. The highest BCUT2D eigenvalue weighted by atomic mass is 16.2. The Balaban J connectivity index is 1.44. The summed E-state index contributed by atoms with van der Waals surface area (Å²) in [5.74, 6) is -0.182. The van der Waals surface area contributed by atoms with Crippen LogP contribution in [0.25, 0.3) is 0 Å². The van der Waals surface area contributed by atoms with Gasteiger partial charge in [0.1, 0.15) is 0 Å². The molecule has 25 heavy (non-hydrogen) atoms. The van der Waals surface area contributed by atoms with E-state index in [-0.39, 0.29) is 24.0 Å². The normalized spacial score (nSPS) is 20.3. The number of amides is 3. The van der Waals surface area contributed by atoms with E-state index in [1.165, 1.54) is 10.6 Å². The number of piperazine rings is 1. The fraction of sp³-hybridized carbons (Fsp3) is 0.579. The van der Waals surface area contributed by atoms with Crippen molar-refractivity contribution in [1.82, 2.24) is 10.6 Å². The molecule has 1 heterocycles. The van der Waals surface area contributed by atoms with Gasteiger partial charge in [0.15, 0.2) is 6.04 Å². The number of rotatable bonds is 4. The van der Waals surface area contributed by atoms with Crippen LogP contribution in [0.2, 0.25) is 0 Å². The maximum atomic E-state index is 12.4. The van der Waals surface area contributed by atoms with E-state index >= 15 is 0 Å². The van der Waals surface area contributed by atoms with Crippen LogP contribution in [0.4, 0.5) is 10.5 Å². The van der Waals surface area contributed by atoms with Crippen LogP contribution >= 0.6 is 0 Å². The molecule has 1 aromatic rings. The second-order valence-corrected chi connectivity index (χ2v) is 7.15. The number of quaternary nitrogens is 1. The Labute approximate surface area is 149 Å². The number of urea groups is 1. The summed E-state index contributed by atoms with van der Waals surface area (Å²) in [4.78, 5) is 27.9. The number of hydrogen-bond acceptors (Lipinski definition) is 3. The van der Waals surface area contributed by atoms with Crippen molar-refractivity contribution in [2.45, 2.75) is 44.7 Å². The maximum Gasteiger partial charge on any atom is 0.321 e. The van der Waals surface area contributed by atoms with Crippen molar-refractivity contribution in [2.75, 3.05) is 31.1 Å². The summed E-state index contributed by atoms with van der Waals surface area (Å²) in [6.07, 6.45) is 4.35. The predicted molar refractivity (Wildman–Crippen MR) is 97.7 cm³/mol. The average molecular weight is 345 g/mol. The number of nitrogens with zero attached hydrogens (tertiary/aromatic N) is 1. The summed E-state index contributed by atoms with van der Waals surface area (Å²) in [6, 6.07) is 10.0. The Morgan fingerprint density at radius 1 is 1.12 bits per heavy atom. The molecule has 0 radical (unpaired) electrons. The molecule has 6 heteroatoms. The van der Waals surface area contributed by atoms with Crippen LogP contribution < -0.4 is 20.4 Å². The molecule has 3 amide bonds. The van der Waals surface area contributed by atoms with Crippen LogP contribution in [0.15, 0.2) is 30.3 Å². The van der Waals surface area contributed by atoms with Gasteiger partial charge in [-0.1, -0.05) is 31.0 Å². The molecule has 1 aromatic carbocycles. The Hall–Kier alpha value is -2.08. The summed E-state index contributed by atoms with van der Waals surface area (Å²) in [5, 5.41) is 5.43. The second kappa shape index (κ2) is 8.34. The standard InChI is InChI=1S/C19H28N4O2/c1-15(18(24)21-19(25)20-16-7-5-6-8-16)22-11-13-23(14-12-22)17-9-3-2-4-10-17/h2-4,9-10,15-16H,5-8,11-14H2,1H3,(H2,20,21,24,25)/p+1/t15-/m0/s1. The van der Waals surface area contributed by atoms with Crippen LogP contribution in [0.5, 0.6) is 0 Å². The van der Waals surface area contributed by atoms with E-state index in [4.69, 9.17) is 0 Å². The highest BCUT2D eigenvalue weighted by Crippen LogP contribution is 2.17. The average Bonchev–Trinajstić information content (AvgIpc) is 3.14. The first kappa shape index (κ1) is 17.7. The molecule has 1 atom stereocenters. The van der Waals surface area contributed by atoms with Gasteiger partial charge >= 0.3 is 6.03 Å². The fourth-order valence-corrected chi connectivity index (χ4v) is 3.82. The van der Waals surface area contributed by atoms with Crippen molar-refractivity contribution in [3.63, 3.8) is 0 Å². The van der Waals surface area contributed by atoms with E-state index < -0.39 is 0 Å². The minimum absolute atomic E-state index is 0.182. The molecule has 1 aliphatic heterocycles. The number of carbonyl (C=O) groups is 2. The van der Waals surface area contributed by atoms with Gasteiger partial charge in [0.05, 0.1) is 26.2 Å². The van der Waals surface area contributed by atoms with Crippen molar-refractivity contribution in [1.29, 1.82) is 0 Å². The smallest absolute Gasteiger partial charge is 0.321 e. The lowest BCUT2D eigenvalue weighted by Crippen LogP contribution is -3.19. The Kier molecular flexibility index (Phi) is 5.91. The van der Waals surface area contributed by atoms with Gasteiger partial charge in [0, 0.05) is 11.7 Å². The van der Waals surface area contributed by atoms with Crippen molar-refractivity contribution in [3.8, 4) is 0 Å². The first-order valence-electron chi connectivity index (χ1n) is 9.39. The van der Waals surface area contributed by atoms with Gasteiger partial charge in [0.2, 0.25) is 0 Å². The van der Waals surface area contributed by atoms with Crippen molar-refractivity contribution < 1.29 is 14.5 Å². The lowest BCUT2D eigenvalue weighted by Gasteiger charge is -2.35. The summed E-state index contributed by atoms with van der Waals surface area (Å²) in [6.45, 7) is 5.55. The summed E-state index contributed by atoms with van der Waals surface area (Å²) in [7, 11) is 0. The van der Waals surface area contributed by atoms with E-state index in [9.17, 15) is 9.59 Å². The Morgan fingerprint density at radius 3 is 2.40 bits per heavy atom. The molecule has 1 saturated carbocycles. The fourth-order valence-electron chi connectivity index (χ4n) is 3.82. The molecule has 2 fully saturated rings. The third-order valence-corrected chi connectivity index (χ3v) is 5.46. The van der Waals surface area contributed by atoms with E-state index in [1.807, 2.05) is 25.1 Å². The lowest BCUT2D eigenvalue weighted by molar-refractivity contribution is -0.914. The summed E-state index contributed by atoms with van der Waals surface area (Å²) >= 11 is 0. The molecule has 1 aliphatic carbocycles. The molecule has 136 valence electrons. The van der Waals surface area contributed by atoms with E-state index in [1.54, 1.807) is 0 Å². The van der Waals surface area contributed by atoms with Gasteiger partial charge in [-0.25, -0.2) is 4.79 Å². The molecule has 2 aliphatic rings. The Bertz CT molecular complexity index is 578. The first-order valence-corrected chi connectivity index (χ1v) is 9.39. The monoisotopic (exact) mass is 345 g/mol. The number of para-hydroxylation sites is 1. The van der Waals surface area contributed by atoms with Gasteiger partial charge in [-0.15, -0.1) is 0 Å². The van der Waals surface area contributed by atoms with Gasteiger partial charge < -0.3 is 15.1 Å². The van der Waals surface area contributed by atoms with E-state index in [0.717, 1.165) is 51.9 Å². The van der Waals surface area contributed by atoms with Crippen LogP contribution in [-0.2, 0) is 4.79 Å². The lowest BCUT2D eigenvalue weighted by atomic mass is 10.2. The molecule has 0 bridgehead atoms. The summed E-state index contributed by atoms with van der Waals surface area (Å²) in [5.41, 5.74) is 1.23. The van der Waals surface area contributed by atoms with Gasteiger partial charge in [-0.05, 0) is 31.9 Å². The van der Waals surface area contributed by atoms with Crippen molar-refractivity contribution >= 4 is 17.6 Å². The number of anilines is 1. The third-order valence-electron chi connectivity index (χ3n) is 5.46. The number of nitrogens with one attached hydrogen (secondary N) is 3. The van der Waals surface area contributed by atoms with Crippen LogP contribution in [0, 0.1) is 0 Å². The molecule has 0 spiro atoms. The van der Waals surface area contributed by atoms with Crippen molar-refractivity contribution in [3.05, 3.63) is 30.3 Å². The molecule has 0 unspecified atom stereocenters. The summed E-state index contributed by atoms with van der Waals surface area (Å²) < 4.78 is 0. The molecule has 1 saturated heterocycles. The van der Waals surface area contributed by atoms with Gasteiger partial charge in [0.25, 0.3) is 5.91 Å². The molecular formula is C19H29N4O2+. The zero-order valence-electron chi connectivity index (χ0n) is 15.0. The SMILES string of the molecule is C[C@@H](C(=O)NC(=O)NC1CCCC1)[NH+]1CCN(c2ccccc2)CC1. The number of hydrogen-bond donors (Lipinski definition) is 3. The molecule has 6 nitrogen and oxygen atoms in total. The zero-order chi connectivity index (χ0) is 17.6. The Morgan fingerprint density at radius 2 is 1.76 bits per heavy atom. The van der Waals surface area contributed by atoms with Gasteiger partial charge in [-0.2, -0.15) is 0 Å². The topological polar surface area (TPSA) is 65.9 Å². The quantitative estimate of drug-likeness (QED) is 0.747. The highest BCUT2D eigenvalue weighted by molar-refractivity contribution is 5.96. The van der Waals surface area contributed by atoms with Gasteiger partial charge in [-0.3, -0.25) is 10.1 Å². The zero-order valence-corrected chi connectivity index (χ0v) is 15.0. The minimum Gasteiger partial charge on any atom is -0.360 e. The van der Waals surface area contributed by atoms with E-state index in [2.05, 4.69) is 27.7 Å². The molecule has 3 N–H and O–H groups in total. The molecule has 3 rings (SSSR count). The van der Waals surface area contributed by atoms with Crippen LogP contribution in [-0.4, -0.2) is 50.2 Å². The maximum absolute atomic E-state index is 12.4. The highest BCUT2D eigenvalue weighted by Gasteiger charge is 2.30.